The average Bonchev–Trinajstić information content (AvgIpc) is 2.46. The van der Waals surface area contributed by atoms with Crippen LogP contribution in [0.25, 0.3) is 0 Å². The molecule has 2 bridgehead atoms. The minimum absolute atomic E-state index is 0.00356. The minimum atomic E-state index is -4.71. The third-order valence-electron chi connectivity index (χ3n) is 3.71. The smallest absolute Gasteiger partial charge is 0.377 e. The Morgan fingerprint density at radius 2 is 2.10 bits per heavy atom. The minimum Gasteiger partial charge on any atom is -0.377 e. The number of carbonyl (C=O) groups is 1. The second-order valence-electron chi connectivity index (χ2n) is 5.02. The van der Waals surface area contributed by atoms with Crippen LogP contribution in [0, 0.1) is 11.3 Å². The van der Waals surface area contributed by atoms with Crippen LogP contribution >= 0.6 is 0 Å². The number of nitrogens with zero attached hydrogens (tertiary/aromatic N) is 3. The van der Waals surface area contributed by atoms with Crippen LogP contribution < -0.4 is 0 Å². The number of nitriles is 1. The lowest BCUT2D eigenvalue weighted by molar-refractivity contribution is -0.141. The second-order valence-corrected chi connectivity index (χ2v) is 5.02. The second kappa shape index (κ2) is 4.70. The number of pyridine rings is 1. The third-order valence-corrected chi connectivity index (χ3v) is 3.71. The lowest BCUT2D eigenvalue weighted by atomic mass is 9.90. The molecule has 0 radical (unpaired) electrons. The zero-order valence-electron chi connectivity index (χ0n) is 10.7. The van der Waals surface area contributed by atoms with Gasteiger partial charge in [0.1, 0.15) is 6.07 Å². The number of hydrogen-bond donors (Lipinski definition) is 0. The Kier molecular flexibility index (Phi) is 3.10. The quantitative estimate of drug-likeness (QED) is 0.789. The lowest BCUT2D eigenvalue weighted by Crippen LogP contribution is -2.65. The maximum absolute atomic E-state index is 12.7. The Morgan fingerprint density at radius 1 is 1.43 bits per heavy atom. The normalized spacial score (nSPS) is 24.2. The highest BCUT2D eigenvalue weighted by Crippen LogP contribution is 2.34. The van der Waals surface area contributed by atoms with Gasteiger partial charge in [-0.15, -0.1) is 0 Å². The summed E-state index contributed by atoms with van der Waals surface area (Å²) >= 11 is 0. The van der Waals surface area contributed by atoms with Crippen molar-refractivity contribution >= 4 is 5.91 Å². The maximum Gasteiger partial charge on any atom is 0.434 e. The first-order chi connectivity index (χ1) is 9.91. The third kappa shape index (κ3) is 2.23. The largest absolute Gasteiger partial charge is 0.434 e. The highest BCUT2D eigenvalue weighted by Gasteiger charge is 2.45. The Bertz CT molecular complexity index is 625. The molecule has 2 fully saturated rings. The number of fused-ring (bicyclic) bond motifs is 2. The van der Waals surface area contributed by atoms with Crippen molar-refractivity contribution in [2.24, 2.45) is 0 Å². The van der Waals surface area contributed by atoms with E-state index in [0.717, 1.165) is 18.7 Å². The van der Waals surface area contributed by atoms with E-state index in [1.807, 2.05) is 0 Å². The van der Waals surface area contributed by atoms with E-state index in [4.69, 9.17) is 10.00 Å². The first kappa shape index (κ1) is 13.8. The fourth-order valence-electron chi connectivity index (χ4n) is 2.71. The van der Waals surface area contributed by atoms with Gasteiger partial charge in [0.05, 0.1) is 36.4 Å². The lowest BCUT2D eigenvalue weighted by Gasteiger charge is -2.52. The molecule has 2 aliphatic rings. The van der Waals surface area contributed by atoms with Crippen LogP contribution in [-0.4, -0.2) is 41.1 Å². The van der Waals surface area contributed by atoms with Gasteiger partial charge in [-0.25, -0.2) is 4.98 Å². The van der Waals surface area contributed by atoms with E-state index in [9.17, 15) is 18.0 Å². The van der Waals surface area contributed by atoms with Gasteiger partial charge in [-0.05, 0) is 12.5 Å². The highest BCUT2D eigenvalue weighted by molar-refractivity contribution is 5.95. The van der Waals surface area contributed by atoms with Crippen molar-refractivity contribution in [1.29, 1.82) is 5.26 Å². The van der Waals surface area contributed by atoms with E-state index in [1.54, 1.807) is 4.90 Å². The summed E-state index contributed by atoms with van der Waals surface area (Å²) in [5.41, 5.74) is -1.92. The van der Waals surface area contributed by atoms with Crippen LogP contribution in [0.5, 0.6) is 0 Å². The van der Waals surface area contributed by atoms with Crippen molar-refractivity contribution in [2.75, 3.05) is 13.2 Å². The van der Waals surface area contributed by atoms with E-state index in [1.165, 1.54) is 6.07 Å². The van der Waals surface area contributed by atoms with E-state index in [0.29, 0.717) is 13.2 Å². The molecular weight excluding hydrogens is 287 g/mol. The Balaban J connectivity index is 1.90. The van der Waals surface area contributed by atoms with E-state index < -0.39 is 23.3 Å². The summed E-state index contributed by atoms with van der Waals surface area (Å²) in [6, 6.07) is 2.32. The van der Waals surface area contributed by atoms with Gasteiger partial charge in [0.15, 0.2) is 5.69 Å². The molecule has 110 valence electrons. The van der Waals surface area contributed by atoms with Crippen molar-refractivity contribution in [3.8, 4) is 6.07 Å². The Morgan fingerprint density at radius 3 is 2.62 bits per heavy atom. The SMILES string of the molecule is N#Cc1cc(C(=O)N2C3COCC2C3)cnc1C(F)(F)F. The van der Waals surface area contributed by atoms with Crippen LogP contribution in [0.2, 0.25) is 0 Å². The van der Waals surface area contributed by atoms with E-state index in [-0.39, 0.29) is 17.6 Å². The monoisotopic (exact) mass is 297 g/mol. The number of amides is 1. The van der Waals surface area contributed by atoms with Gasteiger partial charge in [0.25, 0.3) is 5.91 Å². The van der Waals surface area contributed by atoms with E-state index >= 15 is 0 Å². The number of aromatic nitrogens is 1. The molecule has 1 aromatic rings. The van der Waals surface area contributed by atoms with Gasteiger partial charge in [-0.2, -0.15) is 18.4 Å². The molecule has 0 aromatic carbocycles. The first-order valence-corrected chi connectivity index (χ1v) is 6.29. The molecule has 0 aliphatic carbocycles. The molecule has 0 spiro atoms. The van der Waals surface area contributed by atoms with Crippen LogP contribution in [0.15, 0.2) is 12.3 Å². The number of alkyl halides is 3. The molecule has 3 heterocycles. The van der Waals surface area contributed by atoms with Gasteiger partial charge < -0.3 is 9.64 Å². The van der Waals surface area contributed by atoms with Crippen LogP contribution in [0.1, 0.15) is 28.0 Å². The standard InChI is InChI=1S/C13H10F3N3O2/c14-13(15,16)11-7(3-17)1-8(4-18-11)12(20)19-9-2-10(19)6-21-5-9/h1,4,9-10H,2,5-6H2. The van der Waals surface area contributed by atoms with Crippen LogP contribution in [-0.2, 0) is 10.9 Å². The Hall–Kier alpha value is -2.14. The summed E-state index contributed by atoms with van der Waals surface area (Å²) in [6.45, 7) is 0.864. The maximum atomic E-state index is 12.7. The van der Waals surface area contributed by atoms with Crippen molar-refractivity contribution in [3.63, 3.8) is 0 Å². The van der Waals surface area contributed by atoms with Crippen molar-refractivity contribution in [2.45, 2.75) is 24.7 Å². The van der Waals surface area contributed by atoms with E-state index in [2.05, 4.69) is 4.98 Å². The van der Waals surface area contributed by atoms with Gasteiger partial charge in [0.2, 0.25) is 0 Å². The number of rotatable bonds is 1. The predicted molar refractivity (Wildman–Crippen MR) is 63.1 cm³/mol. The van der Waals surface area contributed by atoms with Crippen LogP contribution in [0.4, 0.5) is 13.2 Å². The molecule has 2 atom stereocenters. The summed E-state index contributed by atoms with van der Waals surface area (Å²) in [7, 11) is 0. The molecule has 5 nitrogen and oxygen atoms in total. The van der Waals surface area contributed by atoms with Gasteiger partial charge in [-0.3, -0.25) is 4.79 Å². The van der Waals surface area contributed by atoms with Crippen molar-refractivity contribution in [3.05, 3.63) is 29.1 Å². The zero-order valence-corrected chi connectivity index (χ0v) is 10.7. The van der Waals surface area contributed by atoms with Gasteiger partial charge in [0, 0.05) is 6.20 Å². The van der Waals surface area contributed by atoms with Gasteiger partial charge >= 0.3 is 6.18 Å². The summed E-state index contributed by atoms with van der Waals surface area (Å²) < 4.78 is 43.2. The summed E-state index contributed by atoms with van der Waals surface area (Å²) in [5.74, 6) is -0.405. The summed E-state index contributed by atoms with van der Waals surface area (Å²) in [6.07, 6.45) is -3.00. The summed E-state index contributed by atoms with van der Waals surface area (Å²) in [4.78, 5) is 17.2. The molecule has 8 heteroatoms. The molecule has 2 aliphatic heterocycles. The fourth-order valence-corrected chi connectivity index (χ4v) is 2.71. The number of halogens is 3. The first-order valence-electron chi connectivity index (χ1n) is 6.29. The molecular formula is C13H10F3N3O2. The Labute approximate surface area is 117 Å². The molecule has 2 saturated heterocycles. The van der Waals surface area contributed by atoms with Crippen molar-refractivity contribution in [1.82, 2.24) is 9.88 Å². The number of morpholine rings is 1. The van der Waals surface area contributed by atoms with Crippen molar-refractivity contribution < 1.29 is 22.7 Å². The number of ether oxygens (including phenoxy) is 1. The molecule has 1 aromatic heterocycles. The highest BCUT2D eigenvalue weighted by atomic mass is 19.4. The number of carbonyl (C=O) groups excluding carboxylic acids is 1. The molecule has 3 rings (SSSR count). The predicted octanol–water partition coefficient (Wildman–Crippen LogP) is 1.59. The topological polar surface area (TPSA) is 66.2 Å². The molecule has 21 heavy (non-hydrogen) atoms. The van der Waals surface area contributed by atoms with Crippen LogP contribution in [0.3, 0.4) is 0 Å². The summed E-state index contributed by atoms with van der Waals surface area (Å²) in [5, 5.41) is 8.82. The zero-order chi connectivity index (χ0) is 15.2. The molecule has 1 amide bonds. The molecule has 2 unspecified atom stereocenters. The molecule has 0 N–H and O–H groups in total. The fraction of sp³-hybridized carbons (Fsp3) is 0.462. The number of hydrogen-bond acceptors (Lipinski definition) is 4. The van der Waals surface area contributed by atoms with Gasteiger partial charge in [-0.1, -0.05) is 0 Å². The molecule has 0 saturated carbocycles. The average molecular weight is 297 g/mol.